The molecule has 1 aliphatic carbocycles. The highest BCUT2D eigenvalue weighted by Crippen LogP contribution is 2.48. The fraction of sp³-hybridized carbons (Fsp3) is 0.421. The highest BCUT2D eigenvalue weighted by Gasteiger charge is 2.44. The van der Waals surface area contributed by atoms with Crippen molar-refractivity contribution < 1.29 is 0 Å². The Labute approximate surface area is 138 Å². The van der Waals surface area contributed by atoms with E-state index in [2.05, 4.69) is 63.8 Å². The molecule has 1 aromatic heterocycles. The van der Waals surface area contributed by atoms with Gasteiger partial charge in [-0.1, -0.05) is 24.3 Å². The first kappa shape index (κ1) is 15.7. The quantitative estimate of drug-likeness (QED) is 0.636. The van der Waals surface area contributed by atoms with Gasteiger partial charge < -0.3 is 15.2 Å². The van der Waals surface area contributed by atoms with E-state index in [4.69, 9.17) is 0 Å². The summed E-state index contributed by atoms with van der Waals surface area (Å²) >= 11 is 0. The van der Waals surface area contributed by atoms with Crippen molar-refractivity contribution in [3.63, 3.8) is 0 Å². The van der Waals surface area contributed by atoms with Gasteiger partial charge in [-0.05, 0) is 43.0 Å². The summed E-state index contributed by atoms with van der Waals surface area (Å²) in [5.41, 5.74) is 3.17. The molecular weight excluding hydrogens is 284 g/mol. The Bertz CT molecular complexity index is 654. The third-order valence-electron chi connectivity index (χ3n) is 4.72. The van der Waals surface area contributed by atoms with Crippen LogP contribution in [0.5, 0.6) is 0 Å². The SMILES string of the molecule is CN=C(NCCn1cccc1)NCC1(c2ccccc2C)CC1. The van der Waals surface area contributed by atoms with Crippen LogP contribution >= 0.6 is 0 Å². The number of benzene rings is 1. The minimum Gasteiger partial charge on any atom is -0.356 e. The van der Waals surface area contributed by atoms with E-state index >= 15 is 0 Å². The number of aryl methyl sites for hydroxylation is 1. The summed E-state index contributed by atoms with van der Waals surface area (Å²) in [5, 5.41) is 6.90. The maximum atomic E-state index is 4.34. The first-order chi connectivity index (χ1) is 11.2. The Balaban J connectivity index is 1.51. The van der Waals surface area contributed by atoms with E-state index in [0.29, 0.717) is 5.41 Å². The molecule has 4 nitrogen and oxygen atoms in total. The lowest BCUT2D eigenvalue weighted by Gasteiger charge is -2.20. The predicted octanol–water partition coefficient (Wildman–Crippen LogP) is 2.69. The van der Waals surface area contributed by atoms with Gasteiger partial charge in [0.05, 0.1) is 0 Å². The summed E-state index contributed by atoms with van der Waals surface area (Å²) in [6.45, 7) is 4.96. The Morgan fingerprint density at radius 3 is 2.52 bits per heavy atom. The van der Waals surface area contributed by atoms with Crippen LogP contribution in [0.2, 0.25) is 0 Å². The van der Waals surface area contributed by atoms with Gasteiger partial charge in [0.25, 0.3) is 0 Å². The lowest BCUT2D eigenvalue weighted by molar-refractivity contribution is 0.627. The molecule has 1 aromatic carbocycles. The van der Waals surface area contributed by atoms with Crippen molar-refractivity contribution >= 4 is 5.96 Å². The van der Waals surface area contributed by atoms with E-state index in [1.54, 1.807) is 0 Å². The summed E-state index contributed by atoms with van der Waals surface area (Å²) in [4.78, 5) is 4.34. The van der Waals surface area contributed by atoms with Crippen LogP contribution in [0.4, 0.5) is 0 Å². The molecule has 3 rings (SSSR count). The number of rotatable bonds is 6. The third-order valence-corrected chi connectivity index (χ3v) is 4.72. The summed E-state index contributed by atoms with van der Waals surface area (Å²) < 4.78 is 2.16. The van der Waals surface area contributed by atoms with Gasteiger partial charge >= 0.3 is 0 Å². The van der Waals surface area contributed by atoms with E-state index in [9.17, 15) is 0 Å². The molecule has 23 heavy (non-hydrogen) atoms. The Hall–Kier alpha value is -2.23. The van der Waals surface area contributed by atoms with Gasteiger partial charge in [0.15, 0.2) is 5.96 Å². The van der Waals surface area contributed by atoms with Crippen LogP contribution in [-0.2, 0) is 12.0 Å². The largest absolute Gasteiger partial charge is 0.356 e. The van der Waals surface area contributed by atoms with Crippen molar-refractivity contribution in [2.75, 3.05) is 20.1 Å². The fourth-order valence-corrected chi connectivity index (χ4v) is 3.16. The molecule has 0 aliphatic heterocycles. The summed E-state index contributed by atoms with van der Waals surface area (Å²) in [7, 11) is 1.83. The van der Waals surface area contributed by atoms with Gasteiger partial charge in [-0.15, -0.1) is 0 Å². The molecule has 1 heterocycles. The van der Waals surface area contributed by atoms with Gasteiger partial charge in [-0.25, -0.2) is 0 Å². The van der Waals surface area contributed by atoms with Gasteiger partial charge in [0, 0.05) is 44.5 Å². The number of nitrogens with zero attached hydrogens (tertiary/aromatic N) is 2. The standard InChI is InChI=1S/C19H26N4/c1-16-7-3-4-8-17(16)19(9-10-19)15-22-18(20-2)21-11-14-23-12-5-6-13-23/h3-8,12-13H,9-11,14-15H2,1-2H3,(H2,20,21,22). The maximum absolute atomic E-state index is 4.34. The average molecular weight is 310 g/mol. The van der Waals surface area contributed by atoms with Crippen molar-refractivity contribution in [2.24, 2.45) is 4.99 Å². The number of nitrogens with one attached hydrogen (secondary N) is 2. The zero-order chi connectivity index (χ0) is 16.1. The first-order valence-electron chi connectivity index (χ1n) is 8.35. The molecule has 1 saturated carbocycles. The smallest absolute Gasteiger partial charge is 0.191 e. The molecular formula is C19H26N4. The lowest BCUT2D eigenvalue weighted by atomic mass is 9.92. The molecule has 122 valence electrons. The number of hydrogen-bond acceptors (Lipinski definition) is 1. The van der Waals surface area contributed by atoms with Crippen LogP contribution in [0.3, 0.4) is 0 Å². The highest BCUT2D eigenvalue weighted by atomic mass is 15.2. The molecule has 0 spiro atoms. The zero-order valence-corrected chi connectivity index (χ0v) is 14.0. The number of guanidine groups is 1. The van der Waals surface area contributed by atoms with Crippen molar-refractivity contribution in [3.05, 3.63) is 59.9 Å². The summed E-state index contributed by atoms with van der Waals surface area (Å²) in [6, 6.07) is 12.8. The average Bonchev–Trinajstić information content (AvgIpc) is 3.17. The molecule has 0 saturated heterocycles. The Kier molecular flexibility index (Phi) is 4.70. The Morgan fingerprint density at radius 1 is 1.13 bits per heavy atom. The van der Waals surface area contributed by atoms with E-state index in [-0.39, 0.29) is 0 Å². The second-order valence-corrected chi connectivity index (χ2v) is 6.37. The van der Waals surface area contributed by atoms with E-state index < -0.39 is 0 Å². The molecule has 4 heteroatoms. The molecule has 0 atom stereocenters. The monoisotopic (exact) mass is 310 g/mol. The van der Waals surface area contributed by atoms with Crippen LogP contribution in [0.25, 0.3) is 0 Å². The highest BCUT2D eigenvalue weighted by molar-refractivity contribution is 5.79. The number of hydrogen-bond donors (Lipinski definition) is 2. The van der Waals surface area contributed by atoms with Crippen LogP contribution in [0.15, 0.2) is 53.8 Å². The van der Waals surface area contributed by atoms with Crippen LogP contribution in [0, 0.1) is 6.92 Å². The summed E-state index contributed by atoms with van der Waals surface area (Å²) in [5.74, 6) is 0.886. The van der Waals surface area contributed by atoms with Gasteiger partial charge in [-0.3, -0.25) is 4.99 Å². The summed E-state index contributed by atoms with van der Waals surface area (Å²) in [6.07, 6.45) is 6.67. The van der Waals surface area contributed by atoms with Crippen molar-refractivity contribution in [3.8, 4) is 0 Å². The zero-order valence-electron chi connectivity index (χ0n) is 14.0. The van der Waals surface area contributed by atoms with E-state index in [0.717, 1.165) is 25.6 Å². The molecule has 2 N–H and O–H groups in total. The normalized spacial score (nSPS) is 16.2. The van der Waals surface area contributed by atoms with Crippen LogP contribution in [-0.4, -0.2) is 30.7 Å². The molecule has 1 fully saturated rings. The van der Waals surface area contributed by atoms with Gasteiger partial charge in [0.1, 0.15) is 0 Å². The van der Waals surface area contributed by atoms with Crippen molar-refractivity contribution in [1.29, 1.82) is 0 Å². The minimum absolute atomic E-state index is 0.295. The van der Waals surface area contributed by atoms with Crippen molar-refractivity contribution in [1.82, 2.24) is 15.2 Å². The maximum Gasteiger partial charge on any atom is 0.191 e. The molecule has 0 unspecified atom stereocenters. The second-order valence-electron chi connectivity index (χ2n) is 6.37. The number of aromatic nitrogens is 1. The molecule has 0 bridgehead atoms. The van der Waals surface area contributed by atoms with E-state index in [1.807, 2.05) is 19.2 Å². The number of aliphatic imine (C=N–C) groups is 1. The topological polar surface area (TPSA) is 41.4 Å². The van der Waals surface area contributed by atoms with Gasteiger partial charge in [-0.2, -0.15) is 0 Å². The third kappa shape index (κ3) is 3.76. The van der Waals surface area contributed by atoms with Crippen LogP contribution in [0.1, 0.15) is 24.0 Å². The van der Waals surface area contributed by atoms with Crippen molar-refractivity contribution in [2.45, 2.75) is 31.7 Å². The fourth-order valence-electron chi connectivity index (χ4n) is 3.16. The minimum atomic E-state index is 0.295. The van der Waals surface area contributed by atoms with Crippen LogP contribution < -0.4 is 10.6 Å². The molecule has 2 aromatic rings. The second kappa shape index (κ2) is 6.90. The van der Waals surface area contributed by atoms with Gasteiger partial charge in [0.2, 0.25) is 0 Å². The molecule has 1 aliphatic rings. The lowest BCUT2D eigenvalue weighted by Crippen LogP contribution is -2.42. The van der Waals surface area contributed by atoms with E-state index in [1.165, 1.54) is 24.0 Å². The molecule has 0 radical (unpaired) electrons. The predicted molar refractivity (Wildman–Crippen MR) is 95.9 cm³/mol. The molecule has 0 amide bonds. The Morgan fingerprint density at radius 2 is 1.87 bits per heavy atom. The first-order valence-corrected chi connectivity index (χ1v) is 8.35.